The van der Waals surface area contributed by atoms with E-state index < -0.39 is 0 Å². The van der Waals surface area contributed by atoms with Crippen LogP contribution in [-0.2, 0) is 5.41 Å². The summed E-state index contributed by atoms with van der Waals surface area (Å²) in [5, 5.41) is 0. The summed E-state index contributed by atoms with van der Waals surface area (Å²) in [7, 11) is 0. The number of benzene rings is 1. The minimum atomic E-state index is -0.0522. The topological polar surface area (TPSA) is 30.2 Å². The summed E-state index contributed by atoms with van der Waals surface area (Å²) in [5.41, 5.74) is 2.89. The normalized spacial score (nSPS) is 11.6. The third-order valence-corrected chi connectivity index (χ3v) is 3.09. The maximum atomic E-state index is 12.3. The molecular formula is C16H18O2. The fourth-order valence-electron chi connectivity index (χ4n) is 1.87. The van der Waals surface area contributed by atoms with Crippen LogP contribution in [0.15, 0.2) is 41.0 Å². The van der Waals surface area contributed by atoms with Crippen molar-refractivity contribution in [2.45, 2.75) is 33.1 Å². The van der Waals surface area contributed by atoms with E-state index in [2.05, 4.69) is 26.8 Å². The minimum absolute atomic E-state index is 0.0336. The molecule has 2 nitrogen and oxygen atoms in total. The van der Waals surface area contributed by atoms with E-state index in [1.807, 2.05) is 19.1 Å². The van der Waals surface area contributed by atoms with Gasteiger partial charge in [0.1, 0.15) is 0 Å². The SMILES string of the molecule is Cc1ccc(C(C)(C)C)cc1C(=O)c1ccco1. The molecule has 1 heterocycles. The zero-order valence-electron chi connectivity index (χ0n) is 11.3. The smallest absolute Gasteiger partial charge is 0.228 e. The largest absolute Gasteiger partial charge is 0.461 e. The van der Waals surface area contributed by atoms with E-state index in [0.29, 0.717) is 5.76 Å². The Bertz CT molecular complexity index is 557. The summed E-state index contributed by atoms with van der Waals surface area (Å²) in [4.78, 5) is 12.3. The molecule has 0 fully saturated rings. The van der Waals surface area contributed by atoms with E-state index in [1.165, 1.54) is 6.26 Å². The average molecular weight is 242 g/mol. The zero-order valence-corrected chi connectivity index (χ0v) is 11.3. The second-order valence-corrected chi connectivity index (χ2v) is 5.59. The number of ketones is 1. The number of aryl methyl sites for hydroxylation is 1. The fraction of sp³-hybridized carbons (Fsp3) is 0.312. The number of furan rings is 1. The van der Waals surface area contributed by atoms with Crippen molar-refractivity contribution in [1.82, 2.24) is 0 Å². The molecule has 0 aliphatic rings. The molecule has 2 aromatic rings. The number of carbonyl (C=O) groups excluding carboxylic acids is 1. The molecule has 18 heavy (non-hydrogen) atoms. The second-order valence-electron chi connectivity index (χ2n) is 5.59. The first-order valence-corrected chi connectivity index (χ1v) is 6.09. The van der Waals surface area contributed by atoms with Crippen LogP contribution in [0.4, 0.5) is 0 Å². The highest BCUT2D eigenvalue weighted by atomic mass is 16.3. The van der Waals surface area contributed by atoms with Gasteiger partial charge >= 0.3 is 0 Å². The van der Waals surface area contributed by atoms with E-state index in [9.17, 15) is 4.79 Å². The Balaban J connectivity index is 2.48. The van der Waals surface area contributed by atoms with Gasteiger partial charge in [0.05, 0.1) is 6.26 Å². The van der Waals surface area contributed by atoms with Gasteiger partial charge in [0, 0.05) is 5.56 Å². The van der Waals surface area contributed by atoms with Gasteiger partial charge in [0.2, 0.25) is 5.78 Å². The fourth-order valence-corrected chi connectivity index (χ4v) is 1.87. The van der Waals surface area contributed by atoms with Crippen molar-refractivity contribution >= 4 is 5.78 Å². The lowest BCUT2D eigenvalue weighted by Crippen LogP contribution is -2.13. The molecule has 1 aromatic carbocycles. The molecule has 0 N–H and O–H groups in total. The van der Waals surface area contributed by atoms with Gasteiger partial charge in [-0.2, -0.15) is 0 Å². The van der Waals surface area contributed by atoms with Crippen molar-refractivity contribution in [3.63, 3.8) is 0 Å². The third-order valence-electron chi connectivity index (χ3n) is 3.09. The number of hydrogen-bond donors (Lipinski definition) is 0. The number of carbonyl (C=O) groups is 1. The van der Waals surface area contributed by atoms with Crippen molar-refractivity contribution in [3.8, 4) is 0 Å². The summed E-state index contributed by atoms with van der Waals surface area (Å²) < 4.78 is 5.18. The predicted molar refractivity (Wildman–Crippen MR) is 72.0 cm³/mol. The van der Waals surface area contributed by atoms with Crippen LogP contribution >= 0.6 is 0 Å². The van der Waals surface area contributed by atoms with Crippen molar-refractivity contribution in [1.29, 1.82) is 0 Å². The van der Waals surface area contributed by atoms with Crippen molar-refractivity contribution in [2.75, 3.05) is 0 Å². The molecular weight excluding hydrogens is 224 g/mol. The minimum Gasteiger partial charge on any atom is -0.461 e. The van der Waals surface area contributed by atoms with Crippen LogP contribution in [0.1, 0.15) is 48.0 Å². The number of rotatable bonds is 2. The molecule has 0 unspecified atom stereocenters. The Morgan fingerprint density at radius 3 is 2.44 bits per heavy atom. The van der Waals surface area contributed by atoms with E-state index in [0.717, 1.165) is 16.7 Å². The Hall–Kier alpha value is -1.83. The van der Waals surface area contributed by atoms with Crippen LogP contribution in [0.25, 0.3) is 0 Å². The summed E-state index contributed by atoms with van der Waals surface area (Å²) in [6, 6.07) is 9.48. The molecule has 94 valence electrons. The van der Waals surface area contributed by atoms with Gasteiger partial charge in [-0.15, -0.1) is 0 Å². The second kappa shape index (κ2) is 4.45. The lowest BCUT2D eigenvalue weighted by molar-refractivity contribution is 0.101. The first-order chi connectivity index (χ1) is 8.39. The monoisotopic (exact) mass is 242 g/mol. The summed E-state index contributed by atoms with van der Waals surface area (Å²) in [6.45, 7) is 8.36. The van der Waals surface area contributed by atoms with Crippen molar-refractivity contribution < 1.29 is 9.21 Å². The Morgan fingerprint density at radius 2 is 1.89 bits per heavy atom. The van der Waals surface area contributed by atoms with Gasteiger partial charge < -0.3 is 4.42 Å². The molecule has 0 saturated heterocycles. The Morgan fingerprint density at radius 1 is 1.17 bits per heavy atom. The summed E-state index contributed by atoms with van der Waals surface area (Å²) in [5.74, 6) is 0.341. The number of hydrogen-bond acceptors (Lipinski definition) is 2. The maximum Gasteiger partial charge on any atom is 0.228 e. The average Bonchev–Trinajstić information content (AvgIpc) is 2.80. The van der Waals surface area contributed by atoms with E-state index in [4.69, 9.17) is 4.42 Å². The molecule has 0 atom stereocenters. The Kier molecular flexibility index (Phi) is 3.12. The molecule has 2 heteroatoms. The van der Waals surface area contributed by atoms with Gasteiger partial charge in [-0.1, -0.05) is 32.9 Å². The van der Waals surface area contributed by atoms with Crippen LogP contribution < -0.4 is 0 Å². The van der Waals surface area contributed by atoms with Crippen LogP contribution in [0.3, 0.4) is 0 Å². The predicted octanol–water partition coefficient (Wildman–Crippen LogP) is 4.12. The quantitative estimate of drug-likeness (QED) is 0.742. The van der Waals surface area contributed by atoms with Crippen molar-refractivity contribution in [2.24, 2.45) is 0 Å². The van der Waals surface area contributed by atoms with Gasteiger partial charge in [-0.25, -0.2) is 0 Å². The highest BCUT2D eigenvalue weighted by molar-refractivity contribution is 6.08. The summed E-state index contributed by atoms with van der Waals surface area (Å²) in [6.07, 6.45) is 1.52. The molecule has 0 aliphatic carbocycles. The highest BCUT2D eigenvalue weighted by Gasteiger charge is 2.19. The van der Waals surface area contributed by atoms with E-state index in [-0.39, 0.29) is 11.2 Å². The maximum absolute atomic E-state index is 12.3. The Labute approximate surface area is 108 Å². The lowest BCUT2D eigenvalue weighted by Gasteiger charge is -2.20. The van der Waals surface area contributed by atoms with Crippen LogP contribution in [0, 0.1) is 6.92 Å². The van der Waals surface area contributed by atoms with Crippen LogP contribution in [0.5, 0.6) is 0 Å². The molecule has 0 bridgehead atoms. The molecule has 0 amide bonds. The third kappa shape index (κ3) is 2.37. The van der Waals surface area contributed by atoms with Gasteiger partial charge in [0.25, 0.3) is 0 Å². The molecule has 0 aliphatic heterocycles. The van der Waals surface area contributed by atoms with Crippen LogP contribution in [-0.4, -0.2) is 5.78 Å². The molecule has 2 rings (SSSR count). The first-order valence-electron chi connectivity index (χ1n) is 6.09. The van der Waals surface area contributed by atoms with E-state index in [1.54, 1.807) is 12.1 Å². The molecule has 0 saturated carbocycles. The van der Waals surface area contributed by atoms with Crippen molar-refractivity contribution in [3.05, 3.63) is 59.0 Å². The van der Waals surface area contributed by atoms with Gasteiger partial charge in [-0.3, -0.25) is 4.79 Å². The van der Waals surface area contributed by atoms with Gasteiger partial charge in [0.15, 0.2) is 5.76 Å². The van der Waals surface area contributed by atoms with Gasteiger partial charge in [-0.05, 0) is 41.7 Å². The molecule has 0 spiro atoms. The molecule has 0 radical (unpaired) electrons. The zero-order chi connectivity index (χ0) is 13.3. The standard InChI is InChI=1S/C16H18O2/c1-11-7-8-12(16(2,3)4)10-13(11)15(17)14-6-5-9-18-14/h5-10H,1-4H3. The van der Waals surface area contributed by atoms with E-state index >= 15 is 0 Å². The highest BCUT2D eigenvalue weighted by Crippen LogP contribution is 2.25. The lowest BCUT2D eigenvalue weighted by atomic mass is 9.84. The summed E-state index contributed by atoms with van der Waals surface area (Å²) >= 11 is 0. The first kappa shape index (κ1) is 12.6. The van der Waals surface area contributed by atoms with Crippen LogP contribution in [0.2, 0.25) is 0 Å². The molecule has 1 aromatic heterocycles.